The highest BCUT2D eigenvalue weighted by molar-refractivity contribution is 6.01. The molecule has 8 heteroatoms. The van der Waals surface area contributed by atoms with Gasteiger partial charge in [-0.3, -0.25) is 4.79 Å². The molecule has 1 heterocycles. The summed E-state index contributed by atoms with van der Waals surface area (Å²) in [6.07, 6.45) is 0.160. The number of hydrogen-bond donors (Lipinski definition) is 2. The van der Waals surface area contributed by atoms with Gasteiger partial charge in [0, 0.05) is 25.2 Å². The van der Waals surface area contributed by atoms with E-state index in [4.69, 9.17) is 4.74 Å². The van der Waals surface area contributed by atoms with Crippen molar-refractivity contribution in [2.24, 2.45) is 0 Å². The smallest absolute Gasteiger partial charge is 0.341 e. The second kappa shape index (κ2) is 5.47. The molecule has 128 valence electrons. The first kappa shape index (κ1) is 16.2. The molecule has 24 heavy (non-hydrogen) atoms. The van der Waals surface area contributed by atoms with Gasteiger partial charge in [-0.1, -0.05) is 0 Å². The van der Waals surface area contributed by atoms with E-state index in [0.717, 1.165) is 6.20 Å². The summed E-state index contributed by atoms with van der Waals surface area (Å²) in [5, 5.41) is 11.7. The van der Waals surface area contributed by atoms with E-state index in [1.54, 1.807) is 0 Å². The number of pyridine rings is 1. The number of fused-ring (bicyclic) bond motifs is 1. The quantitative estimate of drug-likeness (QED) is 0.895. The number of aromatic nitrogens is 1. The van der Waals surface area contributed by atoms with Crippen LogP contribution in [0, 0.1) is 12.7 Å². The Bertz CT molecular complexity index is 923. The molecule has 1 aromatic carbocycles. The van der Waals surface area contributed by atoms with Gasteiger partial charge in [0.05, 0.1) is 29.7 Å². The van der Waals surface area contributed by atoms with Crippen LogP contribution in [0.1, 0.15) is 28.4 Å². The summed E-state index contributed by atoms with van der Waals surface area (Å²) in [7, 11) is 2.75. The number of benzene rings is 1. The van der Waals surface area contributed by atoms with Gasteiger partial charge in [0.2, 0.25) is 5.43 Å². The maximum Gasteiger partial charge on any atom is 0.341 e. The van der Waals surface area contributed by atoms with Crippen molar-refractivity contribution in [3.63, 3.8) is 0 Å². The van der Waals surface area contributed by atoms with Crippen molar-refractivity contribution in [1.82, 2.24) is 4.57 Å². The molecule has 0 spiro atoms. The van der Waals surface area contributed by atoms with Gasteiger partial charge in [0.25, 0.3) is 0 Å². The van der Waals surface area contributed by atoms with Crippen LogP contribution in [0.25, 0.3) is 10.9 Å². The number of carboxylic acid groups (broad SMARTS) is 1. The molecule has 1 aliphatic rings. The number of nitrogens with one attached hydrogen (secondary N) is 1. The lowest BCUT2D eigenvalue weighted by atomic mass is 10.0. The van der Waals surface area contributed by atoms with Crippen molar-refractivity contribution >= 4 is 22.6 Å². The summed E-state index contributed by atoms with van der Waals surface area (Å²) in [6.45, 7) is 1.48. The molecular formula is C16H16F2N2O4. The molecule has 1 aromatic heterocycles. The maximum absolute atomic E-state index is 14.6. The summed E-state index contributed by atoms with van der Waals surface area (Å²) in [4.78, 5) is 24.0. The molecule has 0 amide bonds. The Hall–Kier alpha value is -2.64. The average molecular weight is 338 g/mol. The highest BCUT2D eigenvalue weighted by atomic mass is 19.1. The summed E-state index contributed by atoms with van der Waals surface area (Å²) in [5.74, 6) is -2.07. The lowest BCUT2D eigenvalue weighted by Crippen LogP contribution is -2.21. The Kier molecular flexibility index (Phi) is 3.70. The van der Waals surface area contributed by atoms with E-state index in [1.165, 1.54) is 25.6 Å². The minimum Gasteiger partial charge on any atom is -0.494 e. The van der Waals surface area contributed by atoms with Crippen LogP contribution < -0.4 is 15.5 Å². The number of rotatable bonds is 4. The molecule has 2 atom stereocenters. The van der Waals surface area contributed by atoms with Gasteiger partial charge < -0.3 is 19.7 Å². The fraction of sp³-hybridized carbons (Fsp3) is 0.375. The van der Waals surface area contributed by atoms with Crippen LogP contribution in [0.15, 0.2) is 11.0 Å². The number of methoxy groups -OCH3 is 1. The van der Waals surface area contributed by atoms with Crippen molar-refractivity contribution in [2.75, 3.05) is 19.5 Å². The molecule has 1 fully saturated rings. The summed E-state index contributed by atoms with van der Waals surface area (Å²) in [6, 6.07) is -0.602. The van der Waals surface area contributed by atoms with Gasteiger partial charge in [0.15, 0.2) is 5.82 Å². The first-order chi connectivity index (χ1) is 11.3. The monoisotopic (exact) mass is 338 g/mol. The molecule has 0 saturated heterocycles. The zero-order valence-electron chi connectivity index (χ0n) is 13.3. The minimum absolute atomic E-state index is 0.0923. The van der Waals surface area contributed by atoms with E-state index in [0.29, 0.717) is 0 Å². The predicted octanol–water partition coefficient (Wildman–Crippen LogP) is 2.48. The van der Waals surface area contributed by atoms with Crippen molar-refractivity contribution in [3.05, 3.63) is 33.4 Å². The largest absolute Gasteiger partial charge is 0.494 e. The summed E-state index contributed by atoms with van der Waals surface area (Å²) < 4.78 is 34.9. The Morgan fingerprint density at radius 3 is 2.58 bits per heavy atom. The Morgan fingerprint density at radius 2 is 2.12 bits per heavy atom. The minimum atomic E-state index is -1.45. The number of carbonyl (C=O) groups is 1. The third kappa shape index (κ3) is 2.13. The lowest BCUT2D eigenvalue weighted by molar-refractivity contribution is 0.0694. The molecule has 2 unspecified atom stereocenters. The van der Waals surface area contributed by atoms with Crippen LogP contribution in [0.5, 0.6) is 5.75 Å². The molecule has 0 radical (unpaired) electrons. The van der Waals surface area contributed by atoms with Crippen LogP contribution >= 0.6 is 0 Å². The van der Waals surface area contributed by atoms with E-state index >= 15 is 0 Å². The standard InChI is InChI=1S/C16H16F2N2O4/c1-6-11(18)12(19-2)10-13(15(6)24-3)20(9-4-8(9)17)5-7(14(10)21)16(22)23/h5,8-9,19H,4H2,1-3H3,(H,22,23). The molecule has 1 aliphatic carbocycles. The Morgan fingerprint density at radius 1 is 1.50 bits per heavy atom. The van der Waals surface area contributed by atoms with E-state index < -0.39 is 35.0 Å². The fourth-order valence-electron chi connectivity index (χ4n) is 3.01. The van der Waals surface area contributed by atoms with Crippen LogP contribution in [-0.4, -0.2) is 36.0 Å². The number of nitrogens with zero attached hydrogens (tertiary/aromatic N) is 1. The van der Waals surface area contributed by atoms with Crippen molar-refractivity contribution in [2.45, 2.75) is 25.6 Å². The van der Waals surface area contributed by atoms with Gasteiger partial charge in [-0.25, -0.2) is 13.6 Å². The first-order valence-corrected chi connectivity index (χ1v) is 7.33. The lowest BCUT2D eigenvalue weighted by Gasteiger charge is -2.19. The number of ether oxygens (including phenoxy) is 1. The second-order valence-corrected chi connectivity index (χ2v) is 5.72. The molecule has 1 saturated carbocycles. The van der Waals surface area contributed by atoms with Gasteiger partial charge in [-0.15, -0.1) is 0 Å². The van der Waals surface area contributed by atoms with E-state index in [-0.39, 0.29) is 34.3 Å². The number of aromatic carboxylic acids is 1. The third-order valence-electron chi connectivity index (χ3n) is 4.31. The van der Waals surface area contributed by atoms with E-state index in [1.807, 2.05) is 0 Å². The third-order valence-corrected chi connectivity index (χ3v) is 4.31. The van der Waals surface area contributed by atoms with Gasteiger partial charge >= 0.3 is 5.97 Å². The normalized spacial score (nSPS) is 19.4. The predicted molar refractivity (Wildman–Crippen MR) is 84.5 cm³/mol. The second-order valence-electron chi connectivity index (χ2n) is 5.72. The maximum atomic E-state index is 14.6. The molecule has 2 N–H and O–H groups in total. The summed E-state index contributed by atoms with van der Waals surface area (Å²) >= 11 is 0. The van der Waals surface area contributed by atoms with E-state index in [9.17, 15) is 23.5 Å². The zero-order valence-corrected chi connectivity index (χ0v) is 13.3. The Labute approximate surface area is 135 Å². The molecule has 2 aromatic rings. The molecule has 6 nitrogen and oxygen atoms in total. The number of halogens is 2. The van der Waals surface area contributed by atoms with E-state index in [2.05, 4.69) is 5.32 Å². The van der Waals surface area contributed by atoms with Crippen LogP contribution in [0.4, 0.5) is 14.5 Å². The summed E-state index contributed by atoms with van der Waals surface area (Å²) in [5.41, 5.74) is -1.15. The number of alkyl halides is 1. The molecule has 3 rings (SSSR count). The van der Waals surface area contributed by atoms with Crippen LogP contribution in [0.3, 0.4) is 0 Å². The van der Waals surface area contributed by atoms with Crippen molar-refractivity contribution in [1.29, 1.82) is 0 Å². The van der Waals surface area contributed by atoms with Crippen LogP contribution in [-0.2, 0) is 0 Å². The van der Waals surface area contributed by atoms with Crippen molar-refractivity contribution in [3.8, 4) is 5.75 Å². The number of anilines is 1. The molecular weight excluding hydrogens is 322 g/mol. The first-order valence-electron chi connectivity index (χ1n) is 7.33. The fourth-order valence-corrected chi connectivity index (χ4v) is 3.01. The van der Waals surface area contributed by atoms with Crippen molar-refractivity contribution < 1.29 is 23.4 Å². The number of hydrogen-bond acceptors (Lipinski definition) is 4. The zero-order chi connectivity index (χ0) is 17.8. The Balaban J connectivity index is 2.59. The number of carboxylic acids is 1. The topological polar surface area (TPSA) is 80.6 Å². The highest BCUT2D eigenvalue weighted by Gasteiger charge is 2.41. The molecule has 0 aliphatic heterocycles. The molecule has 0 bridgehead atoms. The van der Waals surface area contributed by atoms with Gasteiger partial charge in [0.1, 0.15) is 17.5 Å². The average Bonchev–Trinajstić information content (AvgIpc) is 3.26. The van der Waals surface area contributed by atoms with Crippen LogP contribution in [0.2, 0.25) is 0 Å². The SMILES string of the molecule is CNc1c(F)c(C)c(OC)c2c1c(=O)c(C(=O)O)cn2C1CC1F. The highest BCUT2D eigenvalue weighted by Crippen LogP contribution is 2.44. The van der Waals surface area contributed by atoms with Gasteiger partial charge in [-0.2, -0.15) is 0 Å². The van der Waals surface area contributed by atoms with Gasteiger partial charge in [-0.05, 0) is 6.92 Å².